The topological polar surface area (TPSA) is 29.1 Å². The van der Waals surface area contributed by atoms with Crippen LogP contribution in [-0.4, -0.2) is 5.91 Å². The Bertz CT molecular complexity index is 580. The Morgan fingerprint density at radius 3 is 2.72 bits per heavy atom. The van der Waals surface area contributed by atoms with E-state index >= 15 is 0 Å². The number of benzene rings is 1. The summed E-state index contributed by atoms with van der Waals surface area (Å²) in [5.41, 5.74) is 1.68. The lowest BCUT2D eigenvalue weighted by atomic mass is 10.1. The Kier molecular flexibility index (Phi) is 4.59. The SMILES string of the molecule is Cc1ccc(Br)cc1C(=O)NCc1cc(Br)cs1. The van der Waals surface area contributed by atoms with Gasteiger partial charge in [-0.2, -0.15) is 0 Å². The summed E-state index contributed by atoms with van der Waals surface area (Å²) in [4.78, 5) is 13.2. The number of nitrogens with one attached hydrogen (secondary N) is 1. The number of carbonyl (C=O) groups is 1. The van der Waals surface area contributed by atoms with Gasteiger partial charge in [0, 0.05) is 24.8 Å². The fraction of sp³-hybridized carbons (Fsp3) is 0.154. The molecule has 0 aliphatic rings. The molecule has 0 saturated carbocycles. The van der Waals surface area contributed by atoms with E-state index in [0.717, 1.165) is 19.4 Å². The lowest BCUT2D eigenvalue weighted by molar-refractivity contribution is 0.0950. The van der Waals surface area contributed by atoms with Crippen LogP contribution in [0.4, 0.5) is 0 Å². The lowest BCUT2D eigenvalue weighted by Gasteiger charge is -2.07. The quantitative estimate of drug-likeness (QED) is 0.823. The van der Waals surface area contributed by atoms with E-state index < -0.39 is 0 Å². The van der Waals surface area contributed by atoms with Gasteiger partial charge < -0.3 is 5.32 Å². The summed E-state index contributed by atoms with van der Waals surface area (Å²) in [6.07, 6.45) is 0. The Morgan fingerprint density at radius 1 is 1.28 bits per heavy atom. The second kappa shape index (κ2) is 5.99. The molecule has 18 heavy (non-hydrogen) atoms. The van der Waals surface area contributed by atoms with E-state index in [2.05, 4.69) is 37.2 Å². The second-order valence-electron chi connectivity index (χ2n) is 3.87. The Hall–Kier alpha value is -0.650. The summed E-state index contributed by atoms with van der Waals surface area (Å²) in [7, 11) is 0. The molecule has 0 bridgehead atoms. The van der Waals surface area contributed by atoms with Crippen LogP contribution in [0.15, 0.2) is 38.6 Å². The summed E-state index contributed by atoms with van der Waals surface area (Å²) in [6, 6.07) is 7.72. The van der Waals surface area contributed by atoms with E-state index in [1.165, 1.54) is 0 Å². The lowest BCUT2D eigenvalue weighted by Crippen LogP contribution is -2.23. The van der Waals surface area contributed by atoms with Gasteiger partial charge >= 0.3 is 0 Å². The van der Waals surface area contributed by atoms with E-state index in [1.54, 1.807) is 11.3 Å². The van der Waals surface area contributed by atoms with Crippen molar-refractivity contribution in [3.05, 3.63) is 54.6 Å². The van der Waals surface area contributed by atoms with Crippen molar-refractivity contribution in [2.24, 2.45) is 0 Å². The molecule has 1 aromatic heterocycles. The van der Waals surface area contributed by atoms with Crippen LogP contribution >= 0.6 is 43.2 Å². The molecule has 0 aliphatic heterocycles. The van der Waals surface area contributed by atoms with E-state index in [4.69, 9.17) is 0 Å². The van der Waals surface area contributed by atoms with Crippen molar-refractivity contribution in [3.63, 3.8) is 0 Å². The molecule has 2 rings (SSSR count). The number of carbonyl (C=O) groups excluding carboxylic acids is 1. The maximum absolute atomic E-state index is 12.1. The van der Waals surface area contributed by atoms with Crippen molar-refractivity contribution in [2.45, 2.75) is 13.5 Å². The first-order chi connectivity index (χ1) is 8.56. The van der Waals surface area contributed by atoms with Gasteiger partial charge in [-0.25, -0.2) is 0 Å². The highest BCUT2D eigenvalue weighted by Gasteiger charge is 2.09. The van der Waals surface area contributed by atoms with Gasteiger partial charge in [0.25, 0.3) is 5.91 Å². The number of halogens is 2. The Balaban J connectivity index is 2.05. The molecule has 0 fully saturated rings. The summed E-state index contributed by atoms with van der Waals surface area (Å²) >= 11 is 8.40. The van der Waals surface area contributed by atoms with E-state index in [9.17, 15) is 4.79 Å². The molecular formula is C13H11Br2NOS. The first-order valence-corrected chi connectivity index (χ1v) is 7.80. The third-order valence-electron chi connectivity index (χ3n) is 2.49. The van der Waals surface area contributed by atoms with Gasteiger partial charge in [0.05, 0.1) is 6.54 Å². The van der Waals surface area contributed by atoms with E-state index in [0.29, 0.717) is 12.1 Å². The largest absolute Gasteiger partial charge is 0.347 e. The van der Waals surface area contributed by atoms with E-state index in [1.807, 2.05) is 36.6 Å². The molecule has 1 amide bonds. The van der Waals surface area contributed by atoms with Crippen molar-refractivity contribution in [2.75, 3.05) is 0 Å². The van der Waals surface area contributed by atoms with Crippen molar-refractivity contribution in [1.82, 2.24) is 5.32 Å². The van der Waals surface area contributed by atoms with Crippen molar-refractivity contribution in [3.8, 4) is 0 Å². The number of rotatable bonds is 3. The third-order valence-corrected chi connectivity index (χ3v) is 4.68. The Morgan fingerprint density at radius 2 is 2.06 bits per heavy atom. The number of thiophene rings is 1. The number of aryl methyl sites for hydroxylation is 1. The van der Waals surface area contributed by atoms with E-state index in [-0.39, 0.29) is 5.91 Å². The summed E-state index contributed by atoms with van der Waals surface area (Å²) in [5.74, 6) is -0.0432. The zero-order valence-corrected chi connectivity index (χ0v) is 13.7. The smallest absolute Gasteiger partial charge is 0.251 e. The molecule has 0 saturated heterocycles. The molecule has 2 nitrogen and oxygen atoms in total. The van der Waals surface area contributed by atoms with Crippen LogP contribution in [0, 0.1) is 6.92 Å². The first kappa shape index (κ1) is 13.8. The molecule has 1 N–H and O–H groups in total. The van der Waals surface area contributed by atoms with Gasteiger partial charge in [-0.1, -0.05) is 22.0 Å². The molecule has 0 spiro atoms. The van der Waals surface area contributed by atoms with Gasteiger partial charge in [0.2, 0.25) is 0 Å². The molecule has 2 aromatic rings. The van der Waals surface area contributed by atoms with Crippen LogP contribution in [0.2, 0.25) is 0 Å². The molecule has 94 valence electrons. The second-order valence-corrected chi connectivity index (χ2v) is 6.70. The number of amides is 1. The average Bonchev–Trinajstić information content (AvgIpc) is 2.75. The monoisotopic (exact) mass is 387 g/mol. The molecule has 0 unspecified atom stereocenters. The summed E-state index contributed by atoms with van der Waals surface area (Å²) in [5, 5.41) is 4.93. The fourth-order valence-electron chi connectivity index (χ4n) is 1.55. The normalized spacial score (nSPS) is 10.4. The molecule has 1 heterocycles. The minimum absolute atomic E-state index is 0.0432. The van der Waals surface area contributed by atoms with Gasteiger partial charge in [0.15, 0.2) is 0 Å². The molecule has 0 atom stereocenters. The van der Waals surface area contributed by atoms with Crippen molar-refractivity contribution < 1.29 is 4.79 Å². The highest BCUT2D eigenvalue weighted by atomic mass is 79.9. The fourth-order valence-corrected chi connectivity index (χ4v) is 3.30. The van der Waals surface area contributed by atoms with Gasteiger partial charge in [-0.3, -0.25) is 4.79 Å². The van der Waals surface area contributed by atoms with Gasteiger partial charge in [-0.15, -0.1) is 11.3 Å². The maximum Gasteiger partial charge on any atom is 0.251 e. The zero-order chi connectivity index (χ0) is 13.1. The summed E-state index contributed by atoms with van der Waals surface area (Å²) < 4.78 is 1.97. The maximum atomic E-state index is 12.1. The molecule has 0 aliphatic carbocycles. The molecule has 5 heteroatoms. The predicted molar refractivity (Wildman–Crippen MR) is 82.1 cm³/mol. The van der Waals surface area contributed by atoms with Crippen molar-refractivity contribution in [1.29, 1.82) is 0 Å². The highest BCUT2D eigenvalue weighted by molar-refractivity contribution is 9.10. The third kappa shape index (κ3) is 3.43. The van der Waals surface area contributed by atoms with Crippen LogP contribution in [0.3, 0.4) is 0 Å². The predicted octanol–water partition coefficient (Wildman–Crippen LogP) is 4.51. The molecular weight excluding hydrogens is 378 g/mol. The number of hydrogen-bond acceptors (Lipinski definition) is 2. The standard InChI is InChI=1S/C13H11Br2NOS/c1-8-2-3-9(14)5-12(8)13(17)16-6-11-4-10(15)7-18-11/h2-5,7H,6H2,1H3,(H,16,17). The number of hydrogen-bond donors (Lipinski definition) is 1. The van der Waals surface area contributed by atoms with Gasteiger partial charge in [0.1, 0.15) is 0 Å². The van der Waals surface area contributed by atoms with Crippen LogP contribution in [-0.2, 0) is 6.54 Å². The first-order valence-electron chi connectivity index (χ1n) is 5.33. The molecule has 1 aromatic carbocycles. The van der Waals surface area contributed by atoms with Gasteiger partial charge in [-0.05, 0) is 46.6 Å². The Labute approximate surface area is 127 Å². The minimum Gasteiger partial charge on any atom is -0.347 e. The highest BCUT2D eigenvalue weighted by Crippen LogP contribution is 2.20. The van der Waals surface area contributed by atoms with Crippen LogP contribution in [0.5, 0.6) is 0 Å². The minimum atomic E-state index is -0.0432. The van der Waals surface area contributed by atoms with Crippen LogP contribution in [0.1, 0.15) is 20.8 Å². The zero-order valence-electron chi connectivity index (χ0n) is 9.67. The average molecular weight is 389 g/mol. The summed E-state index contributed by atoms with van der Waals surface area (Å²) in [6.45, 7) is 2.49. The van der Waals surface area contributed by atoms with Crippen LogP contribution in [0.25, 0.3) is 0 Å². The van der Waals surface area contributed by atoms with Crippen molar-refractivity contribution >= 4 is 49.1 Å². The molecule has 0 radical (unpaired) electrons. The van der Waals surface area contributed by atoms with Crippen LogP contribution < -0.4 is 5.32 Å².